The van der Waals surface area contributed by atoms with E-state index >= 15 is 0 Å². The normalized spacial score (nSPS) is 14.7. The number of nitrogens with zero attached hydrogens (tertiary/aromatic N) is 1. The first-order valence-corrected chi connectivity index (χ1v) is 11.7. The second-order valence-corrected chi connectivity index (χ2v) is 10.2. The summed E-state index contributed by atoms with van der Waals surface area (Å²) < 4.78 is 31.0. The maximum absolute atomic E-state index is 13.0. The van der Waals surface area contributed by atoms with Crippen molar-refractivity contribution in [3.63, 3.8) is 0 Å². The highest BCUT2D eigenvalue weighted by atomic mass is 32.2. The average Bonchev–Trinajstić information content (AvgIpc) is 2.68. The minimum absolute atomic E-state index is 0.0656. The molecule has 1 aliphatic rings. The van der Waals surface area contributed by atoms with Gasteiger partial charge in [-0.1, -0.05) is 32.9 Å². The van der Waals surface area contributed by atoms with E-state index in [0.717, 1.165) is 0 Å². The fraction of sp³-hybridized carbons (Fsp3) is 0.318. The third-order valence-corrected chi connectivity index (χ3v) is 5.77. The molecule has 33 heavy (non-hydrogen) atoms. The molecule has 0 aromatic heterocycles. The molecule has 0 spiro atoms. The number of rotatable bonds is 5. The van der Waals surface area contributed by atoms with E-state index < -0.39 is 33.2 Å². The molecule has 0 radical (unpaired) electrons. The molecule has 176 valence electrons. The van der Waals surface area contributed by atoms with Gasteiger partial charge in [0.25, 0.3) is 16.0 Å². The third kappa shape index (κ3) is 5.88. The van der Waals surface area contributed by atoms with Crippen LogP contribution in [-0.2, 0) is 26.1 Å². The number of anilines is 2. The molecule has 0 atom stereocenters. The van der Waals surface area contributed by atoms with Crippen LogP contribution in [0.25, 0.3) is 0 Å². The van der Waals surface area contributed by atoms with Crippen LogP contribution in [0.3, 0.4) is 0 Å². The third-order valence-electron chi connectivity index (χ3n) is 5.07. The van der Waals surface area contributed by atoms with Crippen molar-refractivity contribution in [2.24, 2.45) is 0 Å². The summed E-state index contributed by atoms with van der Waals surface area (Å²) in [6.45, 7) is 5.68. The van der Waals surface area contributed by atoms with Crippen molar-refractivity contribution in [3.8, 4) is 5.75 Å². The van der Waals surface area contributed by atoms with Crippen molar-refractivity contribution in [3.05, 3.63) is 53.1 Å². The Balaban J connectivity index is 1.94. The number of hydrogen-bond acceptors (Lipinski definition) is 6. The molecule has 3 rings (SSSR count). The zero-order valence-electron chi connectivity index (χ0n) is 18.4. The molecular formula is C22H25N3O7S. The summed E-state index contributed by atoms with van der Waals surface area (Å²) in [7, 11) is -4.18. The van der Waals surface area contributed by atoms with Gasteiger partial charge in [0.2, 0.25) is 5.91 Å². The molecule has 4 amide bonds. The summed E-state index contributed by atoms with van der Waals surface area (Å²) in [4.78, 5) is 38.2. The molecule has 1 aliphatic heterocycles. The van der Waals surface area contributed by atoms with E-state index in [-0.39, 0.29) is 30.2 Å². The molecule has 11 heteroatoms. The molecule has 0 aliphatic carbocycles. The number of carbonyl (C=O) groups excluding carboxylic acids is 3. The summed E-state index contributed by atoms with van der Waals surface area (Å²) in [5.41, 5.74) is 0.844. The Hall–Kier alpha value is -3.44. The van der Waals surface area contributed by atoms with Gasteiger partial charge < -0.3 is 10.4 Å². The molecule has 1 saturated heterocycles. The zero-order chi connectivity index (χ0) is 24.6. The summed E-state index contributed by atoms with van der Waals surface area (Å²) in [6, 6.07) is 8.19. The van der Waals surface area contributed by atoms with Crippen LogP contribution in [0.1, 0.15) is 48.7 Å². The van der Waals surface area contributed by atoms with E-state index in [0.29, 0.717) is 22.5 Å². The molecule has 0 saturated carbocycles. The largest absolute Gasteiger partial charge is 0.507 e. The van der Waals surface area contributed by atoms with Crippen LogP contribution in [0.15, 0.2) is 36.4 Å². The molecule has 1 fully saturated rings. The van der Waals surface area contributed by atoms with Crippen molar-refractivity contribution in [1.82, 2.24) is 5.32 Å². The van der Waals surface area contributed by atoms with E-state index in [2.05, 4.69) is 10.6 Å². The number of imide groups is 1. The van der Waals surface area contributed by atoms with Gasteiger partial charge >= 0.3 is 6.03 Å². The van der Waals surface area contributed by atoms with Gasteiger partial charge in [-0.05, 0) is 35.2 Å². The number of amides is 4. The summed E-state index contributed by atoms with van der Waals surface area (Å²) in [5, 5.41) is 15.7. The van der Waals surface area contributed by atoms with Gasteiger partial charge in [-0.15, -0.1) is 0 Å². The van der Waals surface area contributed by atoms with Crippen molar-refractivity contribution < 1.29 is 32.5 Å². The maximum Gasteiger partial charge on any atom is 0.328 e. The number of carbonyl (C=O) groups is 3. The minimum Gasteiger partial charge on any atom is -0.507 e. The first-order valence-electron chi connectivity index (χ1n) is 10.1. The van der Waals surface area contributed by atoms with E-state index in [1.807, 2.05) is 20.8 Å². The van der Waals surface area contributed by atoms with Crippen molar-refractivity contribution in [1.29, 1.82) is 0 Å². The highest BCUT2D eigenvalue weighted by molar-refractivity contribution is 7.85. The van der Waals surface area contributed by atoms with Crippen LogP contribution in [0, 0.1) is 0 Å². The Morgan fingerprint density at radius 1 is 1.15 bits per heavy atom. The smallest absolute Gasteiger partial charge is 0.328 e. The van der Waals surface area contributed by atoms with Gasteiger partial charge in [0.05, 0.1) is 5.56 Å². The lowest BCUT2D eigenvalue weighted by Crippen LogP contribution is -2.49. The van der Waals surface area contributed by atoms with Gasteiger partial charge in [0, 0.05) is 29.9 Å². The molecule has 10 nitrogen and oxygen atoms in total. The Kier molecular flexibility index (Phi) is 6.48. The average molecular weight is 476 g/mol. The van der Waals surface area contributed by atoms with Crippen LogP contribution >= 0.6 is 0 Å². The molecule has 1 heterocycles. The van der Waals surface area contributed by atoms with Gasteiger partial charge in [-0.3, -0.25) is 24.4 Å². The molecule has 2 aromatic rings. The standard InChI is InChI=1S/C22H25N3O7S/c1-22(2,3)17-11-15(25-9-8-18(26)24-21(25)29)10-16(19(17)27)20(28)23-14-6-4-13(5-7-14)12-33(30,31)32/h4-7,10-11,27H,8-9,12H2,1-3H3,(H,23,28)(H,24,26,29)(H,30,31,32). The lowest BCUT2D eigenvalue weighted by atomic mass is 9.84. The fourth-order valence-electron chi connectivity index (χ4n) is 3.42. The highest BCUT2D eigenvalue weighted by Gasteiger charge is 2.29. The molecule has 0 unspecified atom stereocenters. The van der Waals surface area contributed by atoms with Crippen molar-refractivity contribution in [2.45, 2.75) is 38.4 Å². The van der Waals surface area contributed by atoms with E-state index in [1.165, 1.54) is 35.2 Å². The zero-order valence-corrected chi connectivity index (χ0v) is 19.2. The summed E-state index contributed by atoms with van der Waals surface area (Å²) in [5.74, 6) is -1.82. The number of aromatic hydroxyl groups is 1. The summed E-state index contributed by atoms with van der Waals surface area (Å²) >= 11 is 0. The van der Waals surface area contributed by atoms with Gasteiger partial charge in [0.1, 0.15) is 11.5 Å². The monoisotopic (exact) mass is 475 g/mol. The fourth-order valence-corrected chi connectivity index (χ4v) is 4.04. The first-order chi connectivity index (χ1) is 15.2. The van der Waals surface area contributed by atoms with Crippen LogP contribution in [0.4, 0.5) is 16.2 Å². The van der Waals surface area contributed by atoms with Crippen LogP contribution < -0.4 is 15.5 Å². The summed E-state index contributed by atoms with van der Waals surface area (Å²) in [6.07, 6.45) is 0.106. The predicted molar refractivity (Wildman–Crippen MR) is 122 cm³/mol. The SMILES string of the molecule is CC(C)(C)c1cc(N2CCC(=O)NC2=O)cc(C(=O)Nc2ccc(CS(=O)(=O)O)cc2)c1O. The Morgan fingerprint density at radius 2 is 1.79 bits per heavy atom. The van der Waals surface area contributed by atoms with Gasteiger partial charge in [-0.2, -0.15) is 8.42 Å². The van der Waals surface area contributed by atoms with E-state index in [4.69, 9.17) is 4.55 Å². The number of phenols is 1. The van der Waals surface area contributed by atoms with E-state index in [1.54, 1.807) is 6.07 Å². The van der Waals surface area contributed by atoms with E-state index in [9.17, 15) is 27.9 Å². The maximum atomic E-state index is 13.0. The number of phenolic OH excluding ortho intramolecular Hbond substituents is 1. The Labute approximate surface area is 191 Å². The lowest BCUT2D eigenvalue weighted by molar-refractivity contribution is -0.120. The number of urea groups is 1. The molecule has 4 N–H and O–H groups in total. The second-order valence-electron chi connectivity index (χ2n) is 8.77. The first kappa shape index (κ1) is 24.2. The van der Waals surface area contributed by atoms with Crippen LogP contribution in [-0.4, -0.2) is 42.5 Å². The lowest BCUT2D eigenvalue weighted by Gasteiger charge is -2.29. The van der Waals surface area contributed by atoms with Gasteiger partial charge in [0.15, 0.2) is 0 Å². The number of hydrogen-bond donors (Lipinski definition) is 4. The molecular weight excluding hydrogens is 450 g/mol. The topological polar surface area (TPSA) is 153 Å². The molecule has 2 aromatic carbocycles. The van der Waals surface area contributed by atoms with Crippen LogP contribution in [0.2, 0.25) is 0 Å². The van der Waals surface area contributed by atoms with Crippen molar-refractivity contribution >= 4 is 39.3 Å². The van der Waals surface area contributed by atoms with Crippen molar-refractivity contribution in [2.75, 3.05) is 16.8 Å². The minimum atomic E-state index is -4.18. The number of benzene rings is 2. The highest BCUT2D eigenvalue weighted by Crippen LogP contribution is 2.37. The Morgan fingerprint density at radius 3 is 2.33 bits per heavy atom. The molecule has 0 bridgehead atoms. The predicted octanol–water partition coefficient (Wildman–Crippen LogP) is 2.78. The van der Waals surface area contributed by atoms with Gasteiger partial charge in [-0.25, -0.2) is 4.79 Å². The Bertz CT molecular complexity index is 1220. The number of nitrogens with one attached hydrogen (secondary N) is 2. The second kappa shape index (κ2) is 8.83. The quantitative estimate of drug-likeness (QED) is 0.485. The van der Waals surface area contributed by atoms with Crippen LogP contribution in [0.5, 0.6) is 5.75 Å².